The molecule has 1 saturated heterocycles. The number of hydrogen-bond donors (Lipinski definition) is 2. The van der Waals surface area contributed by atoms with E-state index in [1.165, 1.54) is 6.26 Å². The smallest absolute Gasteiger partial charge is 0.348 e. The van der Waals surface area contributed by atoms with E-state index in [0.717, 1.165) is 0 Å². The molecule has 0 aliphatic carbocycles. The summed E-state index contributed by atoms with van der Waals surface area (Å²) in [6.07, 6.45) is 1.41. The SMILES string of the molecule is C[N+]1(C(C(N)=O)c2ccon2)CCC(OC(=O)C(O)(c2ccccc2)c2ccccc2)C1.[Br-]. The summed E-state index contributed by atoms with van der Waals surface area (Å²) in [7, 11) is 1.87. The van der Waals surface area contributed by atoms with Crippen molar-refractivity contribution < 1.29 is 45.4 Å². The van der Waals surface area contributed by atoms with Crippen molar-refractivity contribution >= 4 is 11.9 Å². The molecule has 3 atom stereocenters. The van der Waals surface area contributed by atoms with E-state index < -0.39 is 29.6 Å². The van der Waals surface area contributed by atoms with Crippen LogP contribution in [-0.2, 0) is 19.9 Å². The Morgan fingerprint density at radius 3 is 2.18 bits per heavy atom. The van der Waals surface area contributed by atoms with E-state index in [1.807, 2.05) is 19.2 Å². The molecule has 33 heavy (non-hydrogen) atoms. The fourth-order valence-corrected chi connectivity index (χ4v) is 4.55. The molecule has 9 heteroatoms. The lowest BCUT2D eigenvalue weighted by atomic mass is 9.86. The first-order valence-electron chi connectivity index (χ1n) is 10.4. The van der Waals surface area contributed by atoms with Crippen LogP contribution in [0.3, 0.4) is 0 Å². The molecule has 1 aromatic heterocycles. The predicted molar refractivity (Wildman–Crippen MR) is 115 cm³/mol. The number of likely N-dealkylation sites (tertiary alicyclic amines) is 1. The molecule has 2 heterocycles. The molecule has 0 spiro atoms. The number of halogens is 1. The molecule has 3 aromatic rings. The number of nitrogens with two attached hydrogens (primary N) is 1. The van der Waals surface area contributed by atoms with Crippen LogP contribution in [0.25, 0.3) is 0 Å². The molecule has 4 rings (SSSR count). The number of carbonyl (C=O) groups excluding carboxylic acids is 2. The van der Waals surface area contributed by atoms with Gasteiger partial charge in [-0.05, 0) is 11.1 Å². The highest BCUT2D eigenvalue weighted by atomic mass is 79.9. The molecule has 174 valence electrons. The first-order chi connectivity index (χ1) is 15.3. The maximum Gasteiger partial charge on any atom is 0.348 e. The van der Waals surface area contributed by atoms with E-state index in [0.29, 0.717) is 36.3 Å². The molecule has 1 amide bonds. The maximum atomic E-state index is 13.4. The summed E-state index contributed by atoms with van der Waals surface area (Å²) in [4.78, 5) is 25.6. The van der Waals surface area contributed by atoms with Crippen LogP contribution in [0.4, 0.5) is 0 Å². The molecule has 3 N–H and O–H groups in total. The summed E-state index contributed by atoms with van der Waals surface area (Å²) in [6.45, 7) is 0.902. The van der Waals surface area contributed by atoms with Crippen LogP contribution < -0.4 is 22.7 Å². The Hall–Kier alpha value is -3.01. The first kappa shape index (κ1) is 24.6. The van der Waals surface area contributed by atoms with E-state index in [1.54, 1.807) is 54.6 Å². The summed E-state index contributed by atoms with van der Waals surface area (Å²) in [5.74, 6) is -1.29. The lowest BCUT2D eigenvalue weighted by Crippen LogP contribution is -3.00. The number of amides is 1. The van der Waals surface area contributed by atoms with Gasteiger partial charge in [-0.2, -0.15) is 0 Å². The van der Waals surface area contributed by atoms with Gasteiger partial charge in [0.25, 0.3) is 5.91 Å². The third kappa shape index (κ3) is 4.71. The Balaban J connectivity index is 0.00000306. The Morgan fingerprint density at radius 1 is 1.12 bits per heavy atom. The number of ether oxygens (including phenoxy) is 1. The minimum atomic E-state index is -1.95. The van der Waals surface area contributed by atoms with Crippen LogP contribution in [0, 0.1) is 0 Å². The number of nitrogens with zero attached hydrogens (tertiary/aromatic N) is 2. The average Bonchev–Trinajstić information content (AvgIpc) is 3.44. The summed E-state index contributed by atoms with van der Waals surface area (Å²) >= 11 is 0. The molecule has 3 unspecified atom stereocenters. The van der Waals surface area contributed by atoms with Crippen LogP contribution >= 0.6 is 0 Å². The number of aliphatic hydroxyl groups is 1. The molecular formula is C24H26BrN3O5. The van der Waals surface area contributed by atoms with Crippen molar-refractivity contribution in [3.05, 3.63) is 89.8 Å². The zero-order chi connectivity index (χ0) is 22.8. The number of carbonyl (C=O) groups is 2. The zero-order valence-electron chi connectivity index (χ0n) is 18.1. The van der Waals surface area contributed by atoms with Gasteiger partial charge >= 0.3 is 5.97 Å². The number of benzene rings is 2. The third-order valence-corrected chi connectivity index (χ3v) is 6.17. The summed E-state index contributed by atoms with van der Waals surface area (Å²) < 4.78 is 11.0. The highest BCUT2D eigenvalue weighted by Gasteiger charge is 2.49. The van der Waals surface area contributed by atoms with Gasteiger partial charge in [0.15, 0.2) is 11.8 Å². The van der Waals surface area contributed by atoms with E-state index in [4.69, 9.17) is 15.0 Å². The molecule has 0 bridgehead atoms. The van der Waals surface area contributed by atoms with Gasteiger partial charge in [-0.15, -0.1) is 0 Å². The van der Waals surface area contributed by atoms with Gasteiger partial charge in [0.05, 0.1) is 13.6 Å². The summed E-state index contributed by atoms with van der Waals surface area (Å²) in [5, 5.41) is 15.5. The molecule has 0 saturated carbocycles. The largest absolute Gasteiger partial charge is 1.00 e. The van der Waals surface area contributed by atoms with Crippen molar-refractivity contribution in [1.29, 1.82) is 0 Å². The normalized spacial score (nSPS) is 21.1. The molecule has 1 aliphatic rings. The van der Waals surface area contributed by atoms with Crippen molar-refractivity contribution in [2.24, 2.45) is 5.73 Å². The van der Waals surface area contributed by atoms with E-state index in [9.17, 15) is 14.7 Å². The van der Waals surface area contributed by atoms with Crippen molar-refractivity contribution in [3.8, 4) is 0 Å². The monoisotopic (exact) mass is 515 g/mol. The Kier molecular flexibility index (Phi) is 7.36. The van der Waals surface area contributed by atoms with Crippen LogP contribution in [0.5, 0.6) is 0 Å². The summed E-state index contributed by atoms with van der Waals surface area (Å²) in [5.41, 5.74) is 5.00. The van der Waals surface area contributed by atoms with Gasteiger partial charge in [0, 0.05) is 12.5 Å². The zero-order valence-corrected chi connectivity index (χ0v) is 19.7. The maximum absolute atomic E-state index is 13.4. The second-order valence-corrected chi connectivity index (χ2v) is 8.37. The van der Waals surface area contributed by atoms with E-state index in [2.05, 4.69) is 5.16 Å². The molecule has 1 aliphatic heterocycles. The number of primary amides is 1. The van der Waals surface area contributed by atoms with Gasteiger partial charge in [-0.1, -0.05) is 65.8 Å². The number of aromatic nitrogens is 1. The van der Waals surface area contributed by atoms with Crippen LogP contribution in [0.15, 0.2) is 77.5 Å². The first-order valence-corrected chi connectivity index (χ1v) is 10.4. The Morgan fingerprint density at radius 2 is 1.70 bits per heavy atom. The lowest BCUT2D eigenvalue weighted by Gasteiger charge is -2.35. The second kappa shape index (κ2) is 9.86. The van der Waals surface area contributed by atoms with Gasteiger partial charge in [-0.3, -0.25) is 4.79 Å². The second-order valence-electron chi connectivity index (χ2n) is 8.37. The number of likely N-dealkylation sites (N-methyl/N-ethyl adjacent to an activating group) is 1. The van der Waals surface area contributed by atoms with Crippen molar-refractivity contribution in [2.45, 2.75) is 24.2 Å². The van der Waals surface area contributed by atoms with Crippen molar-refractivity contribution in [3.63, 3.8) is 0 Å². The molecule has 2 aromatic carbocycles. The van der Waals surface area contributed by atoms with Crippen molar-refractivity contribution in [1.82, 2.24) is 5.16 Å². The highest BCUT2D eigenvalue weighted by Crippen LogP contribution is 2.35. The quantitative estimate of drug-likeness (QED) is 0.305. The fourth-order valence-electron chi connectivity index (χ4n) is 4.55. The highest BCUT2D eigenvalue weighted by molar-refractivity contribution is 5.85. The molecule has 8 nitrogen and oxygen atoms in total. The molecular weight excluding hydrogens is 490 g/mol. The van der Waals surface area contributed by atoms with Gasteiger partial charge in [-0.25, -0.2) is 4.79 Å². The van der Waals surface area contributed by atoms with Crippen molar-refractivity contribution in [2.75, 3.05) is 20.1 Å². The number of esters is 1. The van der Waals surface area contributed by atoms with Gasteiger partial charge < -0.3 is 41.6 Å². The summed E-state index contributed by atoms with van der Waals surface area (Å²) in [6, 6.07) is 18.3. The number of quaternary nitrogens is 1. The van der Waals surface area contributed by atoms with Gasteiger partial charge in [0.1, 0.15) is 12.8 Å². The number of rotatable bonds is 7. The van der Waals surface area contributed by atoms with Gasteiger partial charge in [0.2, 0.25) is 11.6 Å². The van der Waals surface area contributed by atoms with E-state index >= 15 is 0 Å². The average molecular weight is 516 g/mol. The number of hydrogen-bond acceptors (Lipinski definition) is 6. The third-order valence-electron chi connectivity index (χ3n) is 6.17. The predicted octanol–water partition coefficient (Wildman–Crippen LogP) is -1.10. The van der Waals surface area contributed by atoms with Crippen LogP contribution in [0.2, 0.25) is 0 Å². The minimum absolute atomic E-state index is 0. The van der Waals surface area contributed by atoms with E-state index in [-0.39, 0.29) is 21.5 Å². The van der Waals surface area contributed by atoms with Crippen LogP contribution in [-0.4, -0.2) is 52.9 Å². The minimum Gasteiger partial charge on any atom is -1.00 e. The topological polar surface area (TPSA) is 116 Å². The standard InChI is InChI=1S/C24H25N3O5.BrH/c1-27(21(22(25)28)20-13-15-31-26-20)14-12-19(16-27)32-23(29)24(30,17-8-4-2-5-9-17)18-10-6-3-7-11-18;/h2-11,13,15,19,21,30H,12,14,16H2,1H3,(H-,25,28);1H. The molecule has 1 fully saturated rings. The lowest BCUT2D eigenvalue weighted by molar-refractivity contribution is -0.920. The Labute approximate surface area is 202 Å². The Bertz CT molecular complexity index is 1040. The van der Waals surface area contributed by atoms with Crippen LogP contribution in [0.1, 0.15) is 29.3 Å². The fraction of sp³-hybridized carbons (Fsp3) is 0.292. The molecule has 0 radical (unpaired) electrons.